The Hall–Kier alpha value is -2.72. The van der Waals surface area contributed by atoms with Crippen molar-refractivity contribution in [3.05, 3.63) is 78.0 Å². The molecule has 144 valence electrons. The lowest BCUT2D eigenvalue weighted by atomic mass is 10.0. The van der Waals surface area contributed by atoms with Gasteiger partial charge in [-0.25, -0.2) is 0 Å². The van der Waals surface area contributed by atoms with E-state index in [2.05, 4.69) is 27.3 Å². The second-order valence-corrected chi connectivity index (χ2v) is 7.54. The van der Waals surface area contributed by atoms with Crippen LogP contribution in [0.25, 0.3) is 10.9 Å². The van der Waals surface area contributed by atoms with Crippen molar-refractivity contribution >= 4 is 16.8 Å². The van der Waals surface area contributed by atoms with Crippen LogP contribution in [-0.2, 0) is 11.2 Å². The fourth-order valence-corrected chi connectivity index (χ4v) is 3.94. The van der Waals surface area contributed by atoms with E-state index < -0.39 is 0 Å². The lowest BCUT2D eigenvalue weighted by Gasteiger charge is -2.22. The zero-order valence-corrected chi connectivity index (χ0v) is 16.2. The first kappa shape index (κ1) is 18.6. The number of carbonyl (C=O) groups excluding carboxylic acids is 1. The van der Waals surface area contributed by atoms with Crippen LogP contribution in [0.15, 0.2) is 66.7 Å². The molecule has 0 saturated carbocycles. The first-order valence-corrected chi connectivity index (χ1v) is 10.2. The van der Waals surface area contributed by atoms with Gasteiger partial charge in [0.05, 0.1) is 23.7 Å². The molecule has 0 radical (unpaired) electrons. The van der Waals surface area contributed by atoms with E-state index in [1.807, 2.05) is 54.6 Å². The maximum absolute atomic E-state index is 12.8. The highest BCUT2D eigenvalue weighted by atomic mass is 16.1. The molecule has 0 spiro atoms. The van der Waals surface area contributed by atoms with E-state index >= 15 is 0 Å². The highest BCUT2D eigenvalue weighted by Gasteiger charge is 2.18. The third-order valence-electron chi connectivity index (χ3n) is 5.47. The van der Waals surface area contributed by atoms with Crippen LogP contribution in [0.4, 0.5) is 0 Å². The van der Waals surface area contributed by atoms with E-state index in [9.17, 15) is 4.79 Å². The van der Waals surface area contributed by atoms with Gasteiger partial charge < -0.3 is 10.2 Å². The Kier molecular flexibility index (Phi) is 5.98. The topological polar surface area (TPSA) is 45.2 Å². The van der Waals surface area contributed by atoms with Crippen LogP contribution in [0.5, 0.6) is 0 Å². The van der Waals surface area contributed by atoms with Crippen LogP contribution in [0.2, 0.25) is 0 Å². The Balaban J connectivity index is 1.43. The predicted molar refractivity (Wildman–Crippen MR) is 113 cm³/mol. The summed E-state index contributed by atoms with van der Waals surface area (Å²) in [5, 5.41) is 4.34. The summed E-state index contributed by atoms with van der Waals surface area (Å²) in [4.78, 5) is 19.9. The summed E-state index contributed by atoms with van der Waals surface area (Å²) in [5.41, 5.74) is 2.91. The molecule has 1 unspecified atom stereocenters. The smallest absolute Gasteiger partial charge is 0.226 e. The van der Waals surface area contributed by atoms with Gasteiger partial charge >= 0.3 is 0 Å². The second kappa shape index (κ2) is 8.98. The summed E-state index contributed by atoms with van der Waals surface area (Å²) < 4.78 is 0. The average Bonchev–Trinajstić information content (AvgIpc) is 3.25. The molecule has 2 heterocycles. The van der Waals surface area contributed by atoms with E-state index in [-0.39, 0.29) is 11.9 Å². The number of nitrogens with one attached hydrogen (secondary N) is 1. The zero-order valence-electron chi connectivity index (χ0n) is 16.2. The van der Waals surface area contributed by atoms with Crippen molar-refractivity contribution in [2.75, 3.05) is 19.6 Å². The number of nitrogens with zero attached hydrogens (tertiary/aromatic N) is 2. The van der Waals surface area contributed by atoms with E-state index in [4.69, 9.17) is 0 Å². The van der Waals surface area contributed by atoms with Crippen molar-refractivity contribution in [2.45, 2.75) is 31.7 Å². The van der Waals surface area contributed by atoms with Gasteiger partial charge in [0.1, 0.15) is 0 Å². The van der Waals surface area contributed by atoms with E-state index in [1.165, 1.54) is 31.5 Å². The first-order chi connectivity index (χ1) is 13.8. The molecule has 1 amide bonds. The lowest BCUT2D eigenvalue weighted by Crippen LogP contribution is -2.33. The number of benzene rings is 2. The number of carbonyl (C=O) groups is 1. The molecule has 1 N–H and O–H groups in total. The van der Waals surface area contributed by atoms with Gasteiger partial charge in [-0.2, -0.15) is 0 Å². The summed E-state index contributed by atoms with van der Waals surface area (Å²) in [6.07, 6.45) is 3.81. The lowest BCUT2D eigenvalue weighted by molar-refractivity contribution is -0.121. The molecule has 0 aliphatic carbocycles. The van der Waals surface area contributed by atoms with E-state index in [0.29, 0.717) is 6.42 Å². The number of amides is 1. The molecule has 3 aromatic rings. The van der Waals surface area contributed by atoms with Gasteiger partial charge in [-0.3, -0.25) is 9.78 Å². The number of para-hydroxylation sites is 1. The fourth-order valence-electron chi connectivity index (χ4n) is 3.94. The molecule has 1 aromatic heterocycles. The highest BCUT2D eigenvalue weighted by Crippen LogP contribution is 2.19. The van der Waals surface area contributed by atoms with Gasteiger partial charge in [0, 0.05) is 11.9 Å². The van der Waals surface area contributed by atoms with Crippen LogP contribution in [0, 0.1) is 0 Å². The minimum absolute atomic E-state index is 0.0260. The third kappa shape index (κ3) is 4.76. The number of pyridine rings is 1. The van der Waals surface area contributed by atoms with Gasteiger partial charge in [0.2, 0.25) is 5.91 Å². The van der Waals surface area contributed by atoms with Crippen LogP contribution >= 0.6 is 0 Å². The quantitative estimate of drug-likeness (QED) is 0.678. The molecule has 1 aliphatic heterocycles. The Morgan fingerprint density at radius 1 is 0.964 bits per heavy atom. The summed E-state index contributed by atoms with van der Waals surface area (Å²) in [5.74, 6) is 0.0260. The van der Waals surface area contributed by atoms with Gasteiger partial charge in [-0.05, 0) is 50.0 Å². The Morgan fingerprint density at radius 2 is 1.71 bits per heavy atom. The molecule has 4 nitrogen and oxygen atoms in total. The highest BCUT2D eigenvalue weighted by molar-refractivity contribution is 5.81. The van der Waals surface area contributed by atoms with Crippen molar-refractivity contribution in [3.8, 4) is 0 Å². The zero-order chi connectivity index (χ0) is 19.2. The Bertz CT molecular complexity index is 919. The molecule has 1 saturated heterocycles. The normalized spacial score (nSPS) is 15.6. The van der Waals surface area contributed by atoms with Crippen LogP contribution in [0.3, 0.4) is 0 Å². The molecular weight excluding hydrogens is 346 g/mol. The molecule has 1 fully saturated rings. The summed E-state index contributed by atoms with van der Waals surface area (Å²) in [6, 6.07) is 22.3. The maximum Gasteiger partial charge on any atom is 0.226 e. The first-order valence-electron chi connectivity index (χ1n) is 10.2. The Morgan fingerprint density at radius 3 is 2.54 bits per heavy atom. The second-order valence-electron chi connectivity index (χ2n) is 7.54. The van der Waals surface area contributed by atoms with E-state index in [0.717, 1.165) is 29.6 Å². The largest absolute Gasteiger partial charge is 0.349 e. The van der Waals surface area contributed by atoms with Gasteiger partial charge in [-0.15, -0.1) is 0 Å². The number of hydrogen-bond acceptors (Lipinski definition) is 3. The molecule has 4 heteroatoms. The summed E-state index contributed by atoms with van der Waals surface area (Å²) in [7, 11) is 0. The molecule has 4 rings (SSSR count). The van der Waals surface area contributed by atoms with Crippen molar-refractivity contribution in [3.63, 3.8) is 0 Å². The van der Waals surface area contributed by atoms with Crippen molar-refractivity contribution in [2.24, 2.45) is 0 Å². The van der Waals surface area contributed by atoms with Gasteiger partial charge in [0.15, 0.2) is 0 Å². The predicted octanol–water partition coefficient (Wildman–Crippen LogP) is 4.12. The SMILES string of the molecule is O=C(Cc1ccc2ccccc2n1)NC(CCN1CCCC1)c1ccccc1. The van der Waals surface area contributed by atoms with Crippen LogP contribution < -0.4 is 5.32 Å². The molecule has 0 bridgehead atoms. The van der Waals surface area contributed by atoms with Crippen molar-refractivity contribution in [1.82, 2.24) is 15.2 Å². The summed E-state index contributed by atoms with van der Waals surface area (Å²) >= 11 is 0. The van der Waals surface area contributed by atoms with Crippen LogP contribution in [-0.4, -0.2) is 35.4 Å². The molecule has 2 aromatic carbocycles. The number of hydrogen-bond donors (Lipinski definition) is 1. The van der Waals surface area contributed by atoms with Gasteiger partial charge in [-0.1, -0.05) is 54.6 Å². The Labute approximate surface area is 166 Å². The van der Waals surface area contributed by atoms with Crippen LogP contribution in [0.1, 0.15) is 36.6 Å². The number of fused-ring (bicyclic) bond motifs is 1. The van der Waals surface area contributed by atoms with Crippen molar-refractivity contribution < 1.29 is 4.79 Å². The monoisotopic (exact) mass is 373 g/mol. The third-order valence-corrected chi connectivity index (χ3v) is 5.47. The number of aromatic nitrogens is 1. The molecular formula is C24H27N3O. The van der Waals surface area contributed by atoms with Crippen molar-refractivity contribution in [1.29, 1.82) is 0 Å². The standard InChI is InChI=1S/C24H27N3O/c28-24(18-21-13-12-20-10-4-5-11-22(20)25-21)26-23(19-8-2-1-3-9-19)14-17-27-15-6-7-16-27/h1-5,8-13,23H,6-7,14-18H2,(H,26,28). The maximum atomic E-state index is 12.8. The molecule has 1 atom stereocenters. The van der Waals surface area contributed by atoms with E-state index in [1.54, 1.807) is 0 Å². The molecule has 28 heavy (non-hydrogen) atoms. The summed E-state index contributed by atoms with van der Waals surface area (Å²) in [6.45, 7) is 3.38. The average molecular weight is 374 g/mol. The minimum atomic E-state index is 0.0260. The molecule has 1 aliphatic rings. The number of rotatable bonds is 7. The fraction of sp³-hybridized carbons (Fsp3) is 0.333. The number of likely N-dealkylation sites (tertiary alicyclic amines) is 1. The minimum Gasteiger partial charge on any atom is -0.349 e. The van der Waals surface area contributed by atoms with Gasteiger partial charge in [0.25, 0.3) is 0 Å².